The summed E-state index contributed by atoms with van der Waals surface area (Å²) >= 11 is 0. The van der Waals surface area contributed by atoms with E-state index in [9.17, 15) is 0 Å². The molecule has 3 heteroatoms. The van der Waals surface area contributed by atoms with Crippen molar-refractivity contribution in [3.63, 3.8) is 0 Å². The lowest BCUT2D eigenvalue weighted by molar-refractivity contribution is 0.122. The van der Waals surface area contributed by atoms with Gasteiger partial charge in [-0.15, -0.1) is 0 Å². The van der Waals surface area contributed by atoms with Crippen LogP contribution in [0.15, 0.2) is 30.3 Å². The van der Waals surface area contributed by atoms with Crippen molar-refractivity contribution < 1.29 is 0 Å². The quantitative estimate of drug-likeness (QED) is 0.897. The average molecular weight is 287 g/mol. The van der Waals surface area contributed by atoms with Crippen LogP contribution in [-0.4, -0.2) is 55.1 Å². The lowest BCUT2D eigenvalue weighted by Gasteiger charge is -2.35. The van der Waals surface area contributed by atoms with Crippen molar-refractivity contribution >= 4 is 0 Å². The van der Waals surface area contributed by atoms with Gasteiger partial charge in [-0.2, -0.15) is 0 Å². The van der Waals surface area contributed by atoms with Crippen molar-refractivity contribution in [2.24, 2.45) is 0 Å². The molecule has 0 aliphatic carbocycles. The van der Waals surface area contributed by atoms with Gasteiger partial charge in [0.05, 0.1) is 0 Å². The number of piperazine rings is 1. The molecule has 0 unspecified atom stereocenters. The normalized spacial score (nSPS) is 25.0. The van der Waals surface area contributed by atoms with E-state index >= 15 is 0 Å². The summed E-state index contributed by atoms with van der Waals surface area (Å²) in [6.07, 6.45) is 5.50. The highest BCUT2D eigenvalue weighted by molar-refractivity contribution is 5.14. The highest BCUT2D eigenvalue weighted by Crippen LogP contribution is 2.12. The summed E-state index contributed by atoms with van der Waals surface area (Å²) in [6.45, 7) is 8.52. The number of nitrogens with zero attached hydrogens (tertiary/aromatic N) is 2. The Balaban J connectivity index is 1.35. The molecule has 0 aromatic heterocycles. The first-order valence-corrected chi connectivity index (χ1v) is 8.62. The summed E-state index contributed by atoms with van der Waals surface area (Å²) in [6, 6.07) is 11.6. The monoisotopic (exact) mass is 287 g/mol. The maximum Gasteiger partial charge on any atom is 0.0234 e. The van der Waals surface area contributed by atoms with Gasteiger partial charge in [-0.3, -0.25) is 4.90 Å². The Labute approximate surface area is 129 Å². The molecular formula is C18H29N3. The van der Waals surface area contributed by atoms with Gasteiger partial charge in [-0.1, -0.05) is 36.8 Å². The van der Waals surface area contributed by atoms with Gasteiger partial charge in [0, 0.05) is 38.8 Å². The summed E-state index contributed by atoms with van der Waals surface area (Å²) in [5.41, 5.74) is 1.44. The molecule has 2 saturated heterocycles. The van der Waals surface area contributed by atoms with E-state index in [1.54, 1.807) is 0 Å². The Morgan fingerprint density at radius 1 is 0.952 bits per heavy atom. The van der Waals surface area contributed by atoms with Crippen molar-refractivity contribution in [2.45, 2.75) is 38.3 Å². The minimum Gasteiger partial charge on any atom is -0.314 e. The van der Waals surface area contributed by atoms with E-state index in [0.29, 0.717) is 0 Å². The van der Waals surface area contributed by atoms with Crippen LogP contribution in [0.5, 0.6) is 0 Å². The Morgan fingerprint density at radius 3 is 2.43 bits per heavy atom. The topological polar surface area (TPSA) is 18.5 Å². The molecule has 3 nitrogen and oxygen atoms in total. The van der Waals surface area contributed by atoms with Gasteiger partial charge in [0.15, 0.2) is 0 Å². The molecule has 1 N–H and O–H groups in total. The third kappa shape index (κ3) is 4.80. The van der Waals surface area contributed by atoms with Crippen molar-refractivity contribution in [2.75, 3.05) is 39.3 Å². The van der Waals surface area contributed by atoms with E-state index in [1.807, 2.05) is 0 Å². The first-order valence-electron chi connectivity index (χ1n) is 8.62. The molecule has 21 heavy (non-hydrogen) atoms. The van der Waals surface area contributed by atoms with E-state index in [-0.39, 0.29) is 0 Å². The van der Waals surface area contributed by atoms with Crippen LogP contribution < -0.4 is 5.32 Å². The molecule has 2 aliphatic heterocycles. The van der Waals surface area contributed by atoms with Crippen LogP contribution in [-0.2, 0) is 6.54 Å². The Morgan fingerprint density at radius 2 is 1.71 bits per heavy atom. The molecule has 0 bridgehead atoms. The van der Waals surface area contributed by atoms with Crippen LogP contribution in [0.2, 0.25) is 0 Å². The van der Waals surface area contributed by atoms with E-state index in [2.05, 4.69) is 45.4 Å². The van der Waals surface area contributed by atoms with E-state index in [0.717, 1.165) is 12.6 Å². The highest BCUT2D eigenvalue weighted by atomic mass is 15.3. The van der Waals surface area contributed by atoms with Crippen LogP contribution in [0, 0.1) is 0 Å². The fourth-order valence-corrected chi connectivity index (χ4v) is 3.52. The molecule has 0 spiro atoms. The average Bonchev–Trinajstić information content (AvgIpc) is 2.56. The lowest BCUT2D eigenvalue weighted by Crippen LogP contribution is -2.47. The summed E-state index contributed by atoms with van der Waals surface area (Å²) < 4.78 is 0. The first kappa shape index (κ1) is 15.0. The molecule has 2 aliphatic rings. The minimum absolute atomic E-state index is 0.779. The summed E-state index contributed by atoms with van der Waals surface area (Å²) in [5.74, 6) is 0. The third-order valence-electron chi connectivity index (χ3n) is 4.92. The standard InChI is InChI=1S/C18H29N3/c1-2-6-17(7-3-1)16-21-14-12-20(13-15-21)11-9-18-8-4-5-10-19-18/h1-3,6-7,18-19H,4-5,8-16H2/t18-/m1/s1. The number of hydrogen-bond acceptors (Lipinski definition) is 3. The lowest BCUT2D eigenvalue weighted by atomic mass is 10.0. The predicted octanol–water partition coefficient (Wildman–Crippen LogP) is 2.34. The summed E-state index contributed by atoms with van der Waals surface area (Å²) in [4.78, 5) is 5.24. The number of rotatable bonds is 5. The van der Waals surface area contributed by atoms with Crippen molar-refractivity contribution in [3.05, 3.63) is 35.9 Å². The van der Waals surface area contributed by atoms with Gasteiger partial charge >= 0.3 is 0 Å². The molecule has 116 valence electrons. The van der Waals surface area contributed by atoms with Crippen LogP contribution in [0.1, 0.15) is 31.2 Å². The van der Waals surface area contributed by atoms with E-state index < -0.39 is 0 Å². The van der Waals surface area contributed by atoms with Gasteiger partial charge in [0.1, 0.15) is 0 Å². The number of nitrogens with one attached hydrogen (secondary N) is 1. The van der Waals surface area contributed by atoms with Crippen LogP contribution in [0.4, 0.5) is 0 Å². The molecule has 1 aromatic rings. The molecule has 2 fully saturated rings. The predicted molar refractivity (Wildman–Crippen MR) is 88.4 cm³/mol. The zero-order valence-electron chi connectivity index (χ0n) is 13.1. The Bertz CT molecular complexity index is 392. The van der Waals surface area contributed by atoms with Gasteiger partial charge < -0.3 is 10.2 Å². The van der Waals surface area contributed by atoms with Crippen molar-refractivity contribution in [3.8, 4) is 0 Å². The van der Waals surface area contributed by atoms with Crippen molar-refractivity contribution in [1.82, 2.24) is 15.1 Å². The molecule has 0 amide bonds. The minimum atomic E-state index is 0.779. The smallest absolute Gasteiger partial charge is 0.0234 e. The second-order valence-electron chi connectivity index (χ2n) is 6.54. The second kappa shape index (κ2) is 7.92. The first-order chi connectivity index (χ1) is 10.4. The molecule has 1 atom stereocenters. The summed E-state index contributed by atoms with van der Waals surface area (Å²) in [5, 5.41) is 3.66. The molecule has 2 heterocycles. The maximum absolute atomic E-state index is 3.66. The molecule has 0 radical (unpaired) electrons. The number of hydrogen-bond donors (Lipinski definition) is 1. The van der Waals surface area contributed by atoms with Crippen LogP contribution >= 0.6 is 0 Å². The van der Waals surface area contributed by atoms with E-state index in [4.69, 9.17) is 0 Å². The van der Waals surface area contributed by atoms with Gasteiger partial charge in [0.2, 0.25) is 0 Å². The fraction of sp³-hybridized carbons (Fsp3) is 0.667. The zero-order chi connectivity index (χ0) is 14.3. The Hall–Kier alpha value is -0.900. The number of piperidine rings is 1. The van der Waals surface area contributed by atoms with E-state index in [1.165, 1.54) is 70.5 Å². The highest BCUT2D eigenvalue weighted by Gasteiger charge is 2.19. The molecule has 3 rings (SSSR count). The van der Waals surface area contributed by atoms with Gasteiger partial charge in [-0.05, 0) is 37.9 Å². The van der Waals surface area contributed by atoms with Crippen LogP contribution in [0.25, 0.3) is 0 Å². The SMILES string of the molecule is c1ccc(CN2CCN(CC[C@H]3CCCCN3)CC2)cc1. The molecular weight excluding hydrogens is 258 g/mol. The van der Waals surface area contributed by atoms with Gasteiger partial charge in [0.25, 0.3) is 0 Å². The van der Waals surface area contributed by atoms with Crippen LogP contribution in [0.3, 0.4) is 0 Å². The Kier molecular flexibility index (Phi) is 5.67. The number of benzene rings is 1. The zero-order valence-corrected chi connectivity index (χ0v) is 13.1. The second-order valence-corrected chi connectivity index (χ2v) is 6.54. The molecule has 0 saturated carbocycles. The third-order valence-corrected chi connectivity index (χ3v) is 4.92. The molecule has 1 aromatic carbocycles. The largest absolute Gasteiger partial charge is 0.314 e. The summed E-state index contributed by atoms with van der Waals surface area (Å²) in [7, 11) is 0. The maximum atomic E-state index is 3.66. The van der Waals surface area contributed by atoms with Gasteiger partial charge in [-0.25, -0.2) is 0 Å². The van der Waals surface area contributed by atoms with Crippen molar-refractivity contribution in [1.29, 1.82) is 0 Å². The fourth-order valence-electron chi connectivity index (χ4n) is 3.52.